The van der Waals surface area contributed by atoms with Gasteiger partial charge >= 0.3 is 0 Å². The van der Waals surface area contributed by atoms with Crippen molar-refractivity contribution in [2.24, 2.45) is 5.73 Å². The van der Waals surface area contributed by atoms with Crippen LogP contribution in [0.2, 0.25) is 0 Å². The Morgan fingerprint density at radius 3 is 2.40 bits per heavy atom. The Hall–Kier alpha value is -1.32. The van der Waals surface area contributed by atoms with Crippen molar-refractivity contribution in [3.05, 3.63) is 51.5 Å². The lowest BCUT2D eigenvalue weighted by Crippen LogP contribution is -2.35. The highest BCUT2D eigenvalue weighted by Crippen LogP contribution is 2.24. The van der Waals surface area contributed by atoms with Crippen LogP contribution >= 0.6 is 36.2 Å². The van der Waals surface area contributed by atoms with E-state index < -0.39 is 23.6 Å². The number of thiazole rings is 1. The highest BCUT2D eigenvalue weighted by atomic mass is 35.5. The third kappa shape index (κ3) is 5.86. The number of halogens is 4. The molecule has 25 heavy (non-hydrogen) atoms. The molecule has 1 amide bonds. The summed E-state index contributed by atoms with van der Waals surface area (Å²) in [5.74, 6) is -1.68. The predicted molar refractivity (Wildman–Crippen MR) is 99.6 cm³/mol. The maximum atomic E-state index is 14.0. The zero-order valence-corrected chi connectivity index (χ0v) is 16.1. The highest BCUT2D eigenvalue weighted by Gasteiger charge is 2.23. The fraction of sp³-hybridized carbons (Fsp3) is 0.333. The molecule has 1 atom stereocenters. The van der Waals surface area contributed by atoms with Gasteiger partial charge in [0.25, 0.3) is 5.91 Å². The summed E-state index contributed by atoms with van der Waals surface area (Å²) in [6.45, 7) is 0.317. The summed E-state index contributed by atoms with van der Waals surface area (Å²) >= 11 is 1.29. The Balaban J connectivity index is 0.00000288. The van der Waals surface area contributed by atoms with Crippen molar-refractivity contribution in [2.75, 3.05) is 20.6 Å². The zero-order chi connectivity index (χ0) is 17.0. The number of carbonyl (C=O) groups is 1. The lowest BCUT2D eigenvalue weighted by Gasteiger charge is -2.25. The molecule has 0 radical (unpaired) electrons. The minimum atomic E-state index is -0.642. The number of nitrogens with two attached hydrogens (primary N) is 1. The van der Waals surface area contributed by atoms with E-state index in [9.17, 15) is 13.6 Å². The van der Waals surface area contributed by atoms with Crippen LogP contribution in [0.1, 0.15) is 27.1 Å². The van der Waals surface area contributed by atoms with Crippen LogP contribution in [0, 0.1) is 11.6 Å². The molecule has 0 saturated heterocycles. The molecule has 3 N–H and O–H groups in total. The fourth-order valence-electron chi connectivity index (χ4n) is 2.16. The second kappa shape index (κ2) is 10.6. The van der Waals surface area contributed by atoms with Gasteiger partial charge in [-0.3, -0.25) is 4.79 Å². The highest BCUT2D eigenvalue weighted by molar-refractivity contribution is 7.09. The van der Waals surface area contributed by atoms with Gasteiger partial charge in [-0.2, -0.15) is 0 Å². The molecule has 0 fully saturated rings. The summed E-state index contributed by atoms with van der Waals surface area (Å²) in [5, 5.41) is 4.92. The first-order valence-electron chi connectivity index (χ1n) is 6.97. The Morgan fingerprint density at radius 1 is 1.32 bits per heavy atom. The number of benzene rings is 1. The maximum absolute atomic E-state index is 14.0. The summed E-state index contributed by atoms with van der Waals surface area (Å²) < 4.78 is 27.9. The molecule has 1 heterocycles. The van der Waals surface area contributed by atoms with E-state index in [0.29, 0.717) is 5.01 Å². The zero-order valence-electron chi connectivity index (χ0n) is 13.7. The van der Waals surface area contributed by atoms with Gasteiger partial charge < -0.3 is 16.0 Å². The molecule has 2 rings (SSSR count). The van der Waals surface area contributed by atoms with Crippen molar-refractivity contribution in [3.63, 3.8) is 0 Å². The van der Waals surface area contributed by atoms with Crippen LogP contribution in [-0.4, -0.2) is 36.4 Å². The van der Waals surface area contributed by atoms with Crippen molar-refractivity contribution in [1.29, 1.82) is 0 Å². The van der Waals surface area contributed by atoms with Crippen molar-refractivity contribution in [1.82, 2.24) is 15.2 Å². The van der Waals surface area contributed by atoms with Gasteiger partial charge in [-0.25, -0.2) is 13.8 Å². The molecule has 140 valence electrons. The fourth-order valence-corrected chi connectivity index (χ4v) is 2.82. The topological polar surface area (TPSA) is 71.2 Å². The molecular formula is C15H20Cl2F2N4OS. The molecule has 5 nitrogen and oxygen atoms in total. The quantitative estimate of drug-likeness (QED) is 0.764. The first-order chi connectivity index (χ1) is 10.9. The van der Waals surface area contributed by atoms with E-state index in [2.05, 4.69) is 10.3 Å². The normalized spacial score (nSPS) is 11.4. The van der Waals surface area contributed by atoms with E-state index in [4.69, 9.17) is 5.73 Å². The van der Waals surface area contributed by atoms with Crippen LogP contribution in [0.5, 0.6) is 0 Å². The standard InChI is InChI=1S/C15H18F2N4OS.2ClH/c1-21(2)12(14-9(16)4-3-5-10(14)17)7-19-15(22)11-8-23-13(6-18)20-11;;/h3-5,8,12H,6-7,18H2,1-2H3,(H,19,22);2*1H. The van der Waals surface area contributed by atoms with E-state index in [1.807, 2.05) is 0 Å². The molecule has 0 aliphatic heterocycles. The number of hydrogen-bond acceptors (Lipinski definition) is 5. The lowest BCUT2D eigenvalue weighted by atomic mass is 10.0. The maximum Gasteiger partial charge on any atom is 0.270 e. The monoisotopic (exact) mass is 412 g/mol. The number of aromatic nitrogens is 1. The van der Waals surface area contributed by atoms with Gasteiger partial charge in [0.05, 0.1) is 6.04 Å². The Morgan fingerprint density at radius 2 is 1.92 bits per heavy atom. The van der Waals surface area contributed by atoms with Crippen LogP contribution in [0.15, 0.2) is 23.6 Å². The summed E-state index contributed by atoms with van der Waals surface area (Å²) in [4.78, 5) is 17.8. The van der Waals surface area contributed by atoms with E-state index in [1.165, 1.54) is 29.5 Å². The Labute approximate surface area is 161 Å². The molecular weight excluding hydrogens is 393 g/mol. The van der Waals surface area contributed by atoms with E-state index in [0.717, 1.165) is 0 Å². The summed E-state index contributed by atoms with van der Waals surface area (Å²) in [6.07, 6.45) is 0. The smallest absolute Gasteiger partial charge is 0.270 e. The largest absolute Gasteiger partial charge is 0.349 e. The molecule has 0 aliphatic rings. The first-order valence-corrected chi connectivity index (χ1v) is 7.85. The number of likely N-dealkylation sites (N-methyl/N-ethyl adjacent to an activating group) is 1. The minimum absolute atomic E-state index is 0. The number of nitrogens with zero attached hydrogens (tertiary/aromatic N) is 2. The summed E-state index contributed by atoms with van der Waals surface area (Å²) in [7, 11) is 3.39. The molecule has 0 aliphatic carbocycles. The van der Waals surface area contributed by atoms with Gasteiger partial charge in [-0.15, -0.1) is 36.2 Å². The van der Waals surface area contributed by atoms with Crippen LogP contribution < -0.4 is 11.1 Å². The average molecular weight is 413 g/mol. The average Bonchev–Trinajstić information content (AvgIpc) is 2.98. The molecule has 0 saturated carbocycles. The molecule has 1 unspecified atom stereocenters. The number of nitrogens with one attached hydrogen (secondary N) is 1. The van der Waals surface area contributed by atoms with Gasteiger partial charge in [0.2, 0.25) is 0 Å². The van der Waals surface area contributed by atoms with Crippen molar-refractivity contribution >= 4 is 42.1 Å². The number of carbonyl (C=O) groups excluding carboxylic acids is 1. The van der Waals surface area contributed by atoms with E-state index >= 15 is 0 Å². The predicted octanol–water partition coefficient (Wildman–Crippen LogP) is 2.76. The van der Waals surface area contributed by atoms with Crippen LogP contribution in [0.3, 0.4) is 0 Å². The molecule has 0 bridgehead atoms. The summed E-state index contributed by atoms with van der Waals surface area (Å²) in [6, 6.07) is 3.08. The lowest BCUT2D eigenvalue weighted by molar-refractivity contribution is 0.0936. The van der Waals surface area contributed by atoms with Gasteiger partial charge in [0.15, 0.2) is 0 Å². The first kappa shape index (κ1) is 23.7. The van der Waals surface area contributed by atoms with Crippen LogP contribution in [0.25, 0.3) is 0 Å². The van der Waals surface area contributed by atoms with Crippen LogP contribution in [-0.2, 0) is 6.54 Å². The number of amides is 1. The van der Waals surface area contributed by atoms with Gasteiger partial charge in [0, 0.05) is 24.0 Å². The second-order valence-electron chi connectivity index (χ2n) is 5.16. The minimum Gasteiger partial charge on any atom is -0.349 e. The number of rotatable bonds is 6. The molecule has 2 aromatic rings. The Kier molecular flexibility index (Phi) is 10.1. The van der Waals surface area contributed by atoms with E-state index in [1.54, 1.807) is 24.4 Å². The molecule has 1 aromatic heterocycles. The SMILES string of the molecule is CN(C)C(CNC(=O)c1csc(CN)n1)c1c(F)cccc1F.Cl.Cl. The number of hydrogen-bond donors (Lipinski definition) is 2. The molecule has 1 aromatic carbocycles. The van der Waals surface area contributed by atoms with Crippen LogP contribution in [0.4, 0.5) is 8.78 Å². The second-order valence-corrected chi connectivity index (χ2v) is 6.10. The van der Waals surface area contributed by atoms with Gasteiger partial charge in [0.1, 0.15) is 22.3 Å². The third-order valence-electron chi connectivity index (χ3n) is 3.37. The molecule has 10 heteroatoms. The van der Waals surface area contributed by atoms with Crippen molar-refractivity contribution in [2.45, 2.75) is 12.6 Å². The Bertz CT molecular complexity index is 680. The van der Waals surface area contributed by atoms with Gasteiger partial charge in [-0.05, 0) is 26.2 Å². The van der Waals surface area contributed by atoms with Gasteiger partial charge in [-0.1, -0.05) is 6.07 Å². The molecule has 0 spiro atoms. The van der Waals surface area contributed by atoms with Crippen molar-refractivity contribution < 1.29 is 13.6 Å². The third-order valence-corrected chi connectivity index (χ3v) is 4.24. The van der Waals surface area contributed by atoms with Crippen molar-refractivity contribution in [3.8, 4) is 0 Å². The van der Waals surface area contributed by atoms with E-state index in [-0.39, 0.29) is 49.2 Å². The summed E-state index contributed by atoms with van der Waals surface area (Å²) in [5.41, 5.74) is 5.64.